The van der Waals surface area contributed by atoms with E-state index in [9.17, 15) is 22.8 Å². The monoisotopic (exact) mass is 354 g/mol. The van der Waals surface area contributed by atoms with Crippen LogP contribution >= 0.6 is 0 Å². The number of fused-ring (bicyclic) bond motifs is 1. The van der Waals surface area contributed by atoms with Gasteiger partial charge >= 0.3 is 11.7 Å². The fourth-order valence-corrected chi connectivity index (χ4v) is 4.39. The second kappa shape index (κ2) is 5.53. The molecule has 0 spiro atoms. The number of nitrogens with zero attached hydrogens (tertiary/aromatic N) is 3. The van der Waals surface area contributed by atoms with Gasteiger partial charge in [-0.2, -0.15) is 4.31 Å². The maximum atomic E-state index is 12.7. The summed E-state index contributed by atoms with van der Waals surface area (Å²) < 4.78 is 27.4. The highest BCUT2D eigenvalue weighted by Crippen LogP contribution is 2.26. The highest BCUT2D eigenvalue weighted by molar-refractivity contribution is 7.89. The molecular weight excluding hydrogens is 340 g/mol. The first-order chi connectivity index (χ1) is 11.2. The molecule has 0 bridgehead atoms. The number of carboxylic acid groups (broad SMARTS) is 1. The summed E-state index contributed by atoms with van der Waals surface area (Å²) in [6.07, 6.45) is 1.69. The van der Waals surface area contributed by atoms with Gasteiger partial charge in [-0.05, 0) is 18.9 Å². The molecule has 2 aromatic rings. The van der Waals surface area contributed by atoms with Crippen LogP contribution in [-0.4, -0.2) is 50.9 Å². The number of sulfonamides is 1. The zero-order valence-electron chi connectivity index (χ0n) is 12.6. The molecule has 128 valence electrons. The quantitative estimate of drug-likeness (QED) is 0.709. The van der Waals surface area contributed by atoms with Gasteiger partial charge in [0, 0.05) is 19.8 Å². The molecule has 2 N–H and O–H groups in total. The SMILES string of the molecule is Cn1c(=O)[nH]c(=O)c2cc(S(=O)(=O)N3CCCC3C(=O)O)cnc21. The molecule has 24 heavy (non-hydrogen) atoms. The van der Waals surface area contributed by atoms with Crippen LogP contribution in [0.5, 0.6) is 0 Å². The van der Waals surface area contributed by atoms with Crippen molar-refractivity contribution in [1.82, 2.24) is 18.8 Å². The number of H-pyrrole nitrogens is 1. The van der Waals surface area contributed by atoms with Gasteiger partial charge in [0.1, 0.15) is 16.6 Å². The summed E-state index contributed by atoms with van der Waals surface area (Å²) in [6.45, 7) is 0.0843. The summed E-state index contributed by atoms with van der Waals surface area (Å²) in [4.78, 5) is 40.4. The summed E-state index contributed by atoms with van der Waals surface area (Å²) in [6, 6.07) is -0.0307. The molecule has 1 atom stereocenters. The smallest absolute Gasteiger partial charge is 0.329 e. The zero-order valence-corrected chi connectivity index (χ0v) is 13.4. The van der Waals surface area contributed by atoms with E-state index in [-0.39, 0.29) is 28.9 Å². The van der Waals surface area contributed by atoms with E-state index in [1.54, 1.807) is 0 Å². The number of aromatic nitrogens is 3. The normalized spacial score (nSPS) is 19.0. The number of aromatic amines is 1. The highest BCUT2D eigenvalue weighted by atomic mass is 32.2. The van der Waals surface area contributed by atoms with Crippen LogP contribution in [0.1, 0.15) is 12.8 Å². The van der Waals surface area contributed by atoms with E-state index >= 15 is 0 Å². The van der Waals surface area contributed by atoms with Crippen molar-refractivity contribution in [3.63, 3.8) is 0 Å². The Labute approximate surface area is 135 Å². The molecule has 3 heterocycles. The van der Waals surface area contributed by atoms with Gasteiger partial charge in [-0.15, -0.1) is 0 Å². The molecular formula is C13H14N4O6S. The fraction of sp³-hybridized carbons (Fsp3) is 0.385. The first-order valence-corrected chi connectivity index (χ1v) is 8.51. The Kier molecular flexibility index (Phi) is 3.76. The molecule has 1 aliphatic heterocycles. The summed E-state index contributed by atoms with van der Waals surface area (Å²) in [5.41, 5.74) is -1.38. The van der Waals surface area contributed by atoms with Gasteiger partial charge < -0.3 is 5.11 Å². The topological polar surface area (TPSA) is 142 Å². The number of pyridine rings is 1. The standard InChI is InChI=1S/C13H14N4O6S/c1-16-10-8(11(18)15-13(16)21)5-7(6-14-10)24(22,23)17-4-2-3-9(17)12(19)20/h5-6,9H,2-4H2,1H3,(H,19,20)(H,15,18,21). The van der Waals surface area contributed by atoms with Gasteiger partial charge in [0.2, 0.25) is 10.0 Å². The summed E-state index contributed by atoms with van der Waals surface area (Å²) in [5.74, 6) is -1.22. The molecule has 10 nitrogen and oxygen atoms in total. The van der Waals surface area contributed by atoms with Crippen LogP contribution in [0, 0.1) is 0 Å². The van der Waals surface area contributed by atoms with Gasteiger partial charge in [0.05, 0.1) is 5.39 Å². The fourth-order valence-electron chi connectivity index (χ4n) is 2.77. The van der Waals surface area contributed by atoms with Gasteiger partial charge in [0.25, 0.3) is 5.56 Å². The molecule has 0 aliphatic carbocycles. The van der Waals surface area contributed by atoms with Crippen molar-refractivity contribution in [2.24, 2.45) is 7.05 Å². The molecule has 3 rings (SSSR count). The Morgan fingerprint density at radius 1 is 1.42 bits per heavy atom. The largest absolute Gasteiger partial charge is 0.480 e. The lowest BCUT2D eigenvalue weighted by Crippen LogP contribution is -2.40. The minimum atomic E-state index is -4.11. The highest BCUT2D eigenvalue weighted by Gasteiger charge is 2.39. The van der Waals surface area contributed by atoms with Crippen molar-refractivity contribution in [3.05, 3.63) is 33.1 Å². The Hall–Kier alpha value is -2.53. The molecule has 0 aromatic carbocycles. The molecule has 1 fully saturated rings. The molecule has 0 saturated carbocycles. The van der Waals surface area contributed by atoms with Gasteiger partial charge in [0.15, 0.2) is 0 Å². The molecule has 0 amide bonds. The summed E-state index contributed by atoms with van der Waals surface area (Å²) in [7, 11) is -2.72. The molecule has 1 aliphatic rings. The second-order valence-corrected chi connectivity index (χ2v) is 7.36. The van der Waals surface area contributed by atoms with E-state index in [4.69, 9.17) is 5.11 Å². The van der Waals surface area contributed by atoms with E-state index in [0.717, 1.165) is 21.1 Å². The second-order valence-electron chi connectivity index (χ2n) is 5.47. The first-order valence-electron chi connectivity index (χ1n) is 7.07. The molecule has 1 saturated heterocycles. The number of hydrogen-bond acceptors (Lipinski definition) is 6. The first kappa shape index (κ1) is 16.3. The van der Waals surface area contributed by atoms with Crippen molar-refractivity contribution in [2.75, 3.05) is 6.54 Å². The number of nitrogens with one attached hydrogen (secondary N) is 1. The van der Waals surface area contributed by atoms with Crippen LogP contribution in [-0.2, 0) is 21.9 Å². The van der Waals surface area contributed by atoms with Gasteiger partial charge in [-0.1, -0.05) is 0 Å². The molecule has 0 radical (unpaired) electrons. The average molecular weight is 354 g/mol. The predicted molar refractivity (Wildman–Crippen MR) is 82.2 cm³/mol. The maximum absolute atomic E-state index is 12.7. The molecule has 2 aromatic heterocycles. The van der Waals surface area contributed by atoms with E-state index < -0.39 is 33.3 Å². The van der Waals surface area contributed by atoms with Crippen molar-refractivity contribution in [1.29, 1.82) is 0 Å². The summed E-state index contributed by atoms with van der Waals surface area (Å²) in [5, 5.41) is 9.10. The van der Waals surface area contributed by atoms with Crippen molar-refractivity contribution < 1.29 is 18.3 Å². The third kappa shape index (κ3) is 2.41. The zero-order chi connectivity index (χ0) is 17.6. The number of carbonyl (C=O) groups is 1. The Morgan fingerprint density at radius 2 is 2.12 bits per heavy atom. The Bertz CT molecular complexity index is 1050. The molecule has 11 heteroatoms. The van der Waals surface area contributed by atoms with Crippen LogP contribution < -0.4 is 11.2 Å². The lowest BCUT2D eigenvalue weighted by Gasteiger charge is -2.20. The minimum absolute atomic E-state index is 0.0407. The van der Waals surface area contributed by atoms with Crippen LogP contribution in [0.25, 0.3) is 11.0 Å². The van der Waals surface area contributed by atoms with Crippen LogP contribution in [0.4, 0.5) is 0 Å². The maximum Gasteiger partial charge on any atom is 0.329 e. The van der Waals surface area contributed by atoms with E-state index in [0.29, 0.717) is 6.42 Å². The number of rotatable bonds is 3. The third-order valence-corrected chi connectivity index (χ3v) is 5.90. The predicted octanol–water partition coefficient (Wildman–Crippen LogP) is -1.14. The van der Waals surface area contributed by atoms with E-state index in [1.807, 2.05) is 0 Å². The lowest BCUT2D eigenvalue weighted by atomic mass is 10.2. The number of aryl methyl sites for hydroxylation is 1. The molecule has 1 unspecified atom stereocenters. The lowest BCUT2D eigenvalue weighted by molar-refractivity contribution is -0.140. The van der Waals surface area contributed by atoms with Crippen LogP contribution in [0.15, 0.2) is 26.7 Å². The van der Waals surface area contributed by atoms with Gasteiger partial charge in [-0.3, -0.25) is 19.1 Å². The van der Waals surface area contributed by atoms with Gasteiger partial charge in [-0.25, -0.2) is 18.2 Å². The van der Waals surface area contributed by atoms with Crippen molar-refractivity contribution in [2.45, 2.75) is 23.8 Å². The van der Waals surface area contributed by atoms with E-state index in [1.165, 1.54) is 7.05 Å². The van der Waals surface area contributed by atoms with Crippen LogP contribution in [0.3, 0.4) is 0 Å². The number of carboxylic acids is 1. The Morgan fingerprint density at radius 3 is 2.79 bits per heavy atom. The van der Waals surface area contributed by atoms with Crippen LogP contribution in [0.2, 0.25) is 0 Å². The minimum Gasteiger partial charge on any atom is -0.480 e. The third-order valence-electron chi connectivity index (χ3n) is 4.02. The number of hydrogen-bond donors (Lipinski definition) is 2. The van der Waals surface area contributed by atoms with E-state index in [2.05, 4.69) is 9.97 Å². The van der Waals surface area contributed by atoms with Crippen molar-refractivity contribution in [3.8, 4) is 0 Å². The van der Waals surface area contributed by atoms with Crippen molar-refractivity contribution >= 4 is 27.0 Å². The average Bonchev–Trinajstić information content (AvgIpc) is 3.03. The number of aliphatic carboxylic acids is 1. The summed E-state index contributed by atoms with van der Waals surface area (Å²) >= 11 is 0. The Balaban J connectivity index is 2.18.